The first-order valence-corrected chi connectivity index (χ1v) is 8.60. The van der Waals surface area contributed by atoms with Gasteiger partial charge in [0, 0.05) is 11.3 Å². The van der Waals surface area contributed by atoms with E-state index in [1.165, 1.54) is 17.1 Å². The predicted molar refractivity (Wildman–Crippen MR) is 90.5 cm³/mol. The zero-order valence-corrected chi connectivity index (χ0v) is 13.7. The number of hydrogen-bond acceptors (Lipinski definition) is 5. The topological polar surface area (TPSA) is 42.9 Å². The van der Waals surface area contributed by atoms with Crippen LogP contribution in [0.5, 0.6) is 0 Å². The standard InChI is InChI=1S/C17H14N2OS2/c1-12-7-9-14(10-8-12)16(20)15-17(22-19-18-15)21-11-13-5-3-2-4-6-13/h2-10H,11H2,1H3. The molecule has 1 aromatic heterocycles. The lowest BCUT2D eigenvalue weighted by Crippen LogP contribution is -2.03. The molecule has 3 nitrogen and oxygen atoms in total. The maximum Gasteiger partial charge on any atom is 0.215 e. The fourth-order valence-electron chi connectivity index (χ4n) is 1.98. The van der Waals surface area contributed by atoms with Crippen LogP contribution in [0.2, 0.25) is 0 Å². The Labute approximate surface area is 137 Å². The number of thioether (sulfide) groups is 1. The van der Waals surface area contributed by atoms with Crippen molar-refractivity contribution >= 4 is 29.1 Å². The fraction of sp³-hybridized carbons (Fsp3) is 0.118. The first-order valence-electron chi connectivity index (χ1n) is 6.84. The molecule has 0 aliphatic rings. The molecule has 5 heteroatoms. The van der Waals surface area contributed by atoms with Crippen LogP contribution < -0.4 is 0 Å². The molecule has 0 saturated carbocycles. The molecule has 0 bridgehead atoms. The molecule has 22 heavy (non-hydrogen) atoms. The second kappa shape index (κ2) is 6.85. The highest BCUT2D eigenvalue weighted by atomic mass is 32.2. The Kier molecular flexibility index (Phi) is 4.65. The quantitative estimate of drug-likeness (QED) is 0.516. The van der Waals surface area contributed by atoms with E-state index in [0.717, 1.165) is 15.5 Å². The monoisotopic (exact) mass is 326 g/mol. The molecule has 0 N–H and O–H groups in total. The highest BCUT2D eigenvalue weighted by Crippen LogP contribution is 2.29. The van der Waals surface area contributed by atoms with E-state index in [1.807, 2.05) is 49.4 Å². The van der Waals surface area contributed by atoms with Gasteiger partial charge in [0.15, 0.2) is 5.69 Å². The Morgan fingerprint density at radius 1 is 1.09 bits per heavy atom. The first-order chi connectivity index (χ1) is 10.7. The molecule has 0 spiro atoms. The number of aromatic nitrogens is 2. The zero-order chi connectivity index (χ0) is 15.4. The summed E-state index contributed by atoms with van der Waals surface area (Å²) in [6.45, 7) is 2.00. The van der Waals surface area contributed by atoms with Crippen molar-refractivity contribution in [1.82, 2.24) is 9.59 Å². The summed E-state index contributed by atoms with van der Waals surface area (Å²) < 4.78 is 4.82. The van der Waals surface area contributed by atoms with Gasteiger partial charge in [-0.15, -0.1) is 16.9 Å². The SMILES string of the molecule is Cc1ccc(C(=O)c2nnsc2SCc2ccccc2)cc1. The smallest absolute Gasteiger partial charge is 0.215 e. The van der Waals surface area contributed by atoms with Gasteiger partial charge in [-0.3, -0.25) is 4.79 Å². The number of hydrogen-bond donors (Lipinski definition) is 0. The van der Waals surface area contributed by atoms with E-state index >= 15 is 0 Å². The Morgan fingerprint density at radius 2 is 1.82 bits per heavy atom. The summed E-state index contributed by atoms with van der Waals surface area (Å²) in [6.07, 6.45) is 0. The van der Waals surface area contributed by atoms with Gasteiger partial charge in [0.1, 0.15) is 4.21 Å². The fourth-order valence-corrected chi connectivity index (χ4v) is 3.64. The molecule has 0 saturated heterocycles. The van der Waals surface area contributed by atoms with Gasteiger partial charge in [-0.05, 0) is 24.0 Å². The second-order valence-electron chi connectivity index (χ2n) is 4.88. The predicted octanol–water partition coefficient (Wildman–Crippen LogP) is 4.37. The van der Waals surface area contributed by atoms with Crippen LogP contribution in [0.25, 0.3) is 0 Å². The summed E-state index contributed by atoms with van der Waals surface area (Å²) >= 11 is 2.88. The largest absolute Gasteiger partial charge is 0.287 e. The number of ketones is 1. The summed E-state index contributed by atoms with van der Waals surface area (Å²) in [5, 5.41) is 4.03. The van der Waals surface area contributed by atoms with Gasteiger partial charge in [0.05, 0.1) is 0 Å². The van der Waals surface area contributed by atoms with E-state index in [2.05, 4.69) is 21.7 Å². The number of carbonyl (C=O) groups is 1. The average Bonchev–Trinajstić information content (AvgIpc) is 3.02. The lowest BCUT2D eigenvalue weighted by atomic mass is 10.1. The van der Waals surface area contributed by atoms with Gasteiger partial charge in [0.2, 0.25) is 5.78 Å². The molecule has 110 valence electrons. The summed E-state index contributed by atoms with van der Waals surface area (Å²) in [5.41, 5.74) is 3.45. The lowest BCUT2D eigenvalue weighted by Gasteiger charge is -2.02. The van der Waals surface area contributed by atoms with Crippen molar-refractivity contribution in [3.8, 4) is 0 Å². The molecule has 3 aromatic rings. The second-order valence-corrected chi connectivity index (χ2v) is 6.88. The maximum atomic E-state index is 12.5. The summed E-state index contributed by atoms with van der Waals surface area (Å²) in [6, 6.07) is 17.7. The van der Waals surface area contributed by atoms with Crippen LogP contribution in [0, 0.1) is 6.92 Å². The minimum absolute atomic E-state index is 0.0655. The molecule has 0 fully saturated rings. The number of nitrogens with zero attached hydrogens (tertiary/aromatic N) is 2. The van der Waals surface area contributed by atoms with Crippen LogP contribution in [-0.2, 0) is 5.75 Å². The van der Waals surface area contributed by atoms with E-state index in [0.29, 0.717) is 11.3 Å². The van der Waals surface area contributed by atoms with E-state index in [4.69, 9.17) is 0 Å². The molecule has 0 aliphatic heterocycles. The Bertz CT molecular complexity index is 767. The van der Waals surface area contributed by atoms with Crippen LogP contribution in [0.4, 0.5) is 0 Å². The van der Waals surface area contributed by atoms with Crippen molar-refractivity contribution in [3.05, 3.63) is 77.0 Å². The Balaban J connectivity index is 1.77. The van der Waals surface area contributed by atoms with Crippen LogP contribution in [-0.4, -0.2) is 15.4 Å². The van der Waals surface area contributed by atoms with Gasteiger partial charge in [0.25, 0.3) is 0 Å². The van der Waals surface area contributed by atoms with Crippen molar-refractivity contribution in [2.24, 2.45) is 0 Å². The summed E-state index contributed by atoms with van der Waals surface area (Å²) in [7, 11) is 0. The number of carbonyl (C=O) groups excluding carboxylic acids is 1. The van der Waals surface area contributed by atoms with Gasteiger partial charge in [-0.2, -0.15) is 0 Å². The Hall–Kier alpha value is -1.98. The van der Waals surface area contributed by atoms with Crippen LogP contribution >= 0.6 is 23.3 Å². The minimum atomic E-state index is -0.0655. The van der Waals surface area contributed by atoms with Gasteiger partial charge in [-0.1, -0.05) is 64.6 Å². The van der Waals surface area contributed by atoms with Crippen molar-refractivity contribution in [1.29, 1.82) is 0 Å². The number of aryl methyl sites for hydroxylation is 1. The molecule has 1 heterocycles. The van der Waals surface area contributed by atoms with E-state index in [9.17, 15) is 4.79 Å². The highest BCUT2D eigenvalue weighted by molar-refractivity contribution is 8.00. The minimum Gasteiger partial charge on any atom is -0.287 e. The van der Waals surface area contributed by atoms with E-state index in [-0.39, 0.29) is 5.78 Å². The van der Waals surface area contributed by atoms with Gasteiger partial charge in [-0.25, -0.2) is 0 Å². The van der Waals surface area contributed by atoms with Crippen LogP contribution in [0.1, 0.15) is 27.2 Å². The highest BCUT2D eigenvalue weighted by Gasteiger charge is 2.18. The molecule has 0 atom stereocenters. The summed E-state index contributed by atoms with van der Waals surface area (Å²) in [5.74, 6) is 0.739. The van der Waals surface area contributed by atoms with E-state index < -0.39 is 0 Å². The lowest BCUT2D eigenvalue weighted by molar-refractivity contribution is 0.103. The third kappa shape index (κ3) is 3.43. The van der Waals surface area contributed by atoms with E-state index in [1.54, 1.807) is 11.8 Å². The molecule has 0 radical (unpaired) electrons. The average molecular weight is 326 g/mol. The molecule has 2 aromatic carbocycles. The maximum absolute atomic E-state index is 12.5. The molecule has 0 aliphatic carbocycles. The zero-order valence-electron chi connectivity index (χ0n) is 12.0. The number of rotatable bonds is 5. The Morgan fingerprint density at radius 3 is 2.55 bits per heavy atom. The molecule has 3 rings (SSSR count). The van der Waals surface area contributed by atoms with Crippen LogP contribution in [0.3, 0.4) is 0 Å². The normalized spacial score (nSPS) is 10.6. The molecule has 0 amide bonds. The van der Waals surface area contributed by atoms with Crippen molar-refractivity contribution < 1.29 is 4.79 Å². The number of benzene rings is 2. The summed E-state index contributed by atoms with van der Waals surface area (Å²) in [4.78, 5) is 12.5. The van der Waals surface area contributed by atoms with Crippen LogP contribution in [0.15, 0.2) is 58.8 Å². The molecule has 0 unspecified atom stereocenters. The molecular weight excluding hydrogens is 312 g/mol. The van der Waals surface area contributed by atoms with Crippen molar-refractivity contribution in [2.75, 3.05) is 0 Å². The van der Waals surface area contributed by atoms with Gasteiger partial charge >= 0.3 is 0 Å². The van der Waals surface area contributed by atoms with Crippen molar-refractivity contribution in [3.63, 3.8) is 0 Å². The third-order valence-corrected chi connectivity index (χ3v) is 5.23. The first kappa shape index (κ1) is 14.9. The van der Waals surface area contributed by atoms with Gasteiger partial charge < -0.3 is 0 Å². The third-order valence-electron chi connectivity index (χ3n) is 3.20. The molecular formula is C17H14N2OS2. The van der Waals surface area contributed by atoms with Crippen molar-refractivity contribution in [2.45, 2.75) is 16.9 Å².